The highest BCUT2D eigenvalue weighted by atomic mass is 79.9. The number of amides is 3. The van der Waals surface area contributed by atoms with E-state index < -0.39 is 90.3 Å². The molecular weight excluding hydrogens is 780 g/mol. The fraction of sp³-hybridized carbons (Fsp3) is 0.419. The Hall–Kier alpha value is -4.39. The summed E-state index contributed by atoms with van der Waals surface area (Å²) in [6.07, 6.45) is -11.3. The normalized spacial score (nSPS) is 19.2. The Kier molecular flexibility index (Phi) is 10.1. The molecule has 2 aliphatic rings. The molecule has 1 fully saturated rings. The fourth-order valence-corrected chi connectivity index (χ4v) is 6.35. The Balaban J connectivity index is 1.67. The lowest BCUT2D eigenvalue weighted by Gasteiger charge is -2.35. The number of carbonyl (C=O) groups is 3. The van der Waals surface area contributed by atoms with Crippen LogP contribution in [-0.4, -0.2) is 67.1 Å². The van der Waals surface area contributed by atoms with Gasteiger partial charge in [0.15, 0.2) is 11.4 Å². The summed E-state index contributed by atoms with van der Waals surface area (Å²) in [6.45, 7) is 4.25. The highest BCUT2D eigenvalue weighted by Crippen LogP contribution is 2.49. The molecule has 0 bridgehead atoms. The molecular formula is C31H29BrClF6N7O5. The zero-order chi connectivity index (χ0) is 37.7. The molecule has 0 spiro atoms. The highest BCUT2D eigenvalue weighted by Gasteiger charge is 2.65. The number of alkyl halides is 5. The van der Waals surface area contributed by atoms with E-state index in [1.807, 2.05) is 5.32 Å². The van der Waals surface area contributed by atoms with Gasteiger partial charge >= 0.3 is 18.4 Å². The third-order valence-electron chi connectivity index (χ3n) is 8.15. The summed E-state index contributed by atoms with van der Waals surface area (Å²) in [6, 6.07) is 5.87. The van der Waals surface area contributed by atoms with E-state index in [1.54, 1.807) is 26.1 Å². The van der Waals surface area contributed by atoms with Gasteiger partial charge in [-0.2, -0.15) is 18.3 Å². The van der Waals surface area contributed by atoms with Crippen molar-refractivity contribution in [2.75, 3.05) is 6.61 Å². The predicted molar refractivity (Wildman–Crippen MR) is 172 cm³/mol. The van der Waals surface area contributed by atoms with Crippen molar-refractivity contribution in [2.45, 2.75) is 69.8 Å². The van der Waals surface area contributed by atoms with E-state index in [4.69, 9.17) is 16.3 Å². The first-order valence-electron chi connectivity index (χ1n) is 15.1. The third-order valence-corrected chi connectivity index (χ3v) is 8.96. The van der Waals surface area contributed by atoms with Gasteiger partial charge in [-0.3, -0.25) is 15.0 Å². The van der Waals surface area contributed by atoms with Crippen LogP contribution in [0.1, 0.15) is 69.5 Å². The lowest BCUT2D eigenvalue weighted by molar-refractivity contribution is -0.164. The second kappa shape index (κ2) is 13.6. The third kappa shape index (κ3) is 7.63. The van der Waals surface area contributed by atoms with Crippen molar-refractivity contribution in [3.63, 3.8) is 0 Å². The molecule has 2 heterocycles. The van der Waals surface area contributed by atoms with E-state index in [0.29, 0.717) is 9.15 Å². The second-order valence-electron chi connectivity index (χ2n) is 13.1. The molecule has 1 saturated carbocycles. The Morgan fingerprint density at radius 2 is 1.82 bits per heavy atom. The number of carboxylic acid groups (broad SMARTS) is 1. The van der Waals surface area contributed by atoms with Gasteiger partial charge in [0.25, 0.3) is 12.3 Å². The number of ether oxygens (including phenoxy) is 1. The molecule has 2 atom stereocenters. The molecule has 1 aliphatic heterocycles. The first kappa shape index (κ1) is 37.9. The van der Waals surface area contributed by atoms with Crippen LogP contribution in [0.3, 0.4) is 0 Å². The molecule has 3 aromatic rings. The van der Waals surface area contributed by atoms with Crippen molar-refractivity contribution in [2.24, 2.45) is 10.4 Å². The van der Waals surface area contributed by atoms with Gasteiger partial charge in [0.2, 0.25) is 5.96 Å². The molecule has 0 saturated heterocycles. The van der Waals surface area contributed by atoms with Crippen molar-refractivity contribution in [1.82, 2.24) is 30.3 Å². The standard InChI is InChI=1S/C31H29BrClF6N7O5/c1-28(2,3)13-30(17-6-5-16(32)11-19(17)34)24(47)45(25(43-30)42-26(48)49)21(12-51-27(50)44-29(8-9-29)31(37,38)39)15-4-7-18(33)20(10-15)46-23(22(35)36)40-14-41-46/h4-7,10-11,14,21-22H,8-9,12-13H2,1-3H3,(H,42,43)(H,44,50)(H,48,49)/t21-,30?/m1/s1. The van der Waals surface area contributed by atoms with Crippen molar-refractivity contribution >= 4 is 51.6 Å². The lowest BCUT2D eigenvalue weighted by Crippen LogP contribution is -2.51. The molecule has 274 valence electrons. The Bertz CT molecular complexity index is 1900. The Labute approximate surface area is 299 Å². The zero-order valence-electron chi connectivity index (χ0n) is 26.9. The average molecular weight is 809 g/mol. The molecule has 0 radical (unpaired) electrons. The molecule has 5 rings (SSSR count). The summed E-state index contributed by atoms with van der Waals surface area (Å²) in [5.41, 5.74) is -5.89. The first-order chi connectivity index (χ1) is 23.7. The number of guanidine groups is 1. The first-order valence-corrected chi connectivity index (χ1v) is 16.2. The van der Waals surface area contributed by atoms with E-state index in [0.717, 1.165) is 17.3 Å². The molecule has 1 aliphatic carbocycles. The Morgan fingerprint density at radius 3 is 2.39 bits per heavy atom. The number of aromatic nitrogens is 3. The number of nitrogens with zero attached hydrogens (tertiary/aromatic N) is 5. The van der Waals surface area contributed by atoms with Crippen LogP contribution in [-0.2, 0) is 15.1 Å². The van der Waals surface area contributed by atoms with Gasteiger partial charge in [0.1, 0.15) is 24.3 Å². The largest absolute Gasteiger partial charge is 0.465 e. The minimum Gasteiger partial charge on any atom is -0.465 e. The van der Waals surface area contributed by atoms with Gasteiger partial charge < -0.3 is 15.2 Å². The average Bonchev–Trinajstić information content (AvgIpc) is 3.54. The SMILES string of the molecule is CC(C)(C)CC1(c2ccc(Br)cc2F)N=C(NC(=O)O)N([C@H](COC(=O)NC2(C(F)(F)F)CC2)c2ccc(Cl)c(-n3ncnc3C(F)F)c2)C1=O. The Morgan fingerprint density at radius 1 is 1.14 bits per heavy atom. The summed E-state index contributed by atoms with van der Waals surface area (Å²) in [7, 11) is 0. The molecule has 20 heteroatoms. The van der Waals surface area contributed by atoms with Crippen molar-refractivity contribution < 1.29 is 50.6 Å². The predicted octanol–water partition coefficient (Wildman–Crippen LogP) is 7.42. The van der Waals surface area contributed by atoms with E-state index in [1.165, 1.54) is 30.3 Å². The van der Waals surface area contributed by atoms with Gasteiger partial charge in [0.05, 0.1) is 16.8 Å². The molecule has 1 unspecified atom stereocenters. The number of alkyl carbamates (subject to hydrolysis) is 1. The van der Waals surface area contributed by atoms with Crippen LogP contribution < -0.4 is 10.6 Å². The van der Waals surface area contributed by atoms with Crippen LogP contribution in [0, 0.1) is 11.2 Å². The quantitative estimate of drug-likeness (QED) is 0.191. The van der Waals surface area contributed by atoms with E-state index in [-0.39, 0.29) is 28.3 Å². The molecule has 2 aromatic carbocycles. The topological polar surface area (TPSA) is 151 Å². The van der Waals surface area contributed by atoms with E-state index in [9.17, 15) is 41.4 Å². The molecule has 3 N–H and O–H groups in total. The number of benzene rings is 2. The van der Waals surface area contributed by atoms with Gasteiger partial charge in [-0.1, -0.05) is 60.4 Å². The summed E-state index contributed by atoms with van der Waals surface area (Å²) >= 11 is 9.53. The van der Waals surface area contributed by atoms with Crippen LogP contribution in [0.2, 0.25) is 5.02 Å². The number of halogens is 8. The number of nitrogens with one attached hydrogen (secondary N) is 2. The minimum atomic E-state index is -4.80. The van der Waals surface area contributed by atoms with E-state index in [2.05, 4.69) is 31.0 Å². The summed E-state index contributed by atoms with van der Waals surface area (Å²) in [5.74, 6) is -3.34. The smallest absolute Gasteiger partial charge is 0.411 e. The zero-order valence-corrected chi connectivity index (χ0v) is 29.2. The van der Waals surface area contributed by atoms with Crippen LogP contribution in [0.25, 0.3) is 5.69 Å². The molecule has 51 heavy (non-hydrogen) atoms. The number of hydrogen-bond donors (Lipinski definition) is 3. The maximum absolute atomic E-state index is 15.7. The number of hydrogen-bond acceptors (Lipinski definition) is 7. The maximum atomic E-state index is 15.7. The summed E-state index contributed by atoms with van der Waals surface area (Å²) < 4.78 is 90.5. The molecule has 3 amide bonds. The van der Waals surface area contributed by atoms with Crippen LogP contribution in [0.4, 0.5) is 35.9 Å². The lowest BCUT2D eigenvalue weighted by atomic mass is 9.75. The van der Waals surface area contributed by atoms with Crippen LogP contribution >= 0.6 is 27.5 Å². The van der Waals surface area contributed by atoms with Crippen LogP contribution in [0.5, 0.6) is 0 Å². The summed E-state index contributed by atoms with van der Waals surface area (Å²) in [5, 5.41) is 17.3. The number of aliphatic imine (C=N–C) groups is 1. The van der Waals surface area contributed by atoms with Crippen molar-refractivity contribution in [1.29, 1.82) is 0 Å². The second-order valence-corrected chi connectivity index (χ2v) is 14.4. The van der Waals surface area contributed by atoms with Gasteiger partial charge in [-0.15, -0.1) is 0 Å². The molecule has 12 nitrogen and oxygen atoms in total. The number of carbonyl (C=O) groups excluding carboxylic acids is 2. The fourth-order valence-electron chi connectivity index (χ4n) is 5.82. The monoisotopic (exact) mass is 807 g/mol. The van der Waals surface area contributed by atoms with Gasteiger partial charge in [-0.25, -0.2) is 37.4 Å². The van der Waals surface area contributed by atoms with Gasteiger partial charge in [0, 0.05) is 10.0 Å². The molecule has 1 aromatic heterocycles. The van der Waals surface area contributed by atoms with Crippen molar-refractivity contribution in [3.05, 3.63) is 75.0 Å². The number of rotatable bonds is 9. The minimum absolute atomic E-state index is 0.0500. The maximum Gasteiger partial charge on any atom is 0.411 e. The highest BCUT2D eigenvalue weighted by molar-refractivity contribution is 9.10. The van der Waals surface area contributed by atoms with Gasteiger partial charge in [-0.05, 0) is 54.5 Å². The van der Waals surface area contributed by atoms with Crippen molar-refractivity contribution in [3.8, 4) is 5.69 Å². The van der Waals surface area contributed by atoms with Crippen LogP contribution in [0.15, 0.2) is 52.2 Å². The summed E-state index contributed by atoms with van der Waals surface area (Å²) in [4.78, 5) is 48.5. The van der Waals surface area contributed by atoms with E-state index >= 15 is 4.39 Å².